The van der Waals surface area contributed by atoms with E-state index in [4.69, 9.17) is 4.98 Å². The molecule has 4 aromatic rings. The first kappa shape index (κ1) is 16.7. The molecule has 26 heavy (non-hydrogen) atoms. The molecule has 2 nitrogen and oxygen atoms in total. The van der Waals surface area contributed by atoms with E-state index in [2.05, 4.69) is 84.7 Å². The number of aromatic amines is 1. The lowest BCUT2D eigenvalue weighted by Crippen LogP contribution is -1.82. The Kier molecular flexibility index (Phi) is 4.89. The molecule has 128 valence electrons. The minimum atomic E-state index is 0.899. The Morgan fingerprint density at radius 3 is 2.04 bits per heavy atom. The van der Waals surface area contributed by atoms with Gasteiger partial charge in [-0.3, -0.25) is 0 Å². The van der Waals surface area contributed by atoms with Crippen LogP contribution in [0.15, 0.2) is 90.1 Å². The zero-order chi connectivity index (χ0) is 17.8. The molecule has 0 unspecified atom stereocenters. The van der Waals surface area contributed by atoms with Crippen molar-refractivity contribution in [3.63, 3.8) is 0 Å². The number of benzene rings is 3. The standard InChI is InChI=1S/C23H20N2S/c1-17-12-14-18(15-13-17)16-26-23-24-21(19-8-4-2-5-9-19)22(25-23)20-10-6-3-7-11-20/h2-15H,16H2,1H3,(H,24,25). The SMILES string of the molecule is Cc1ccc(CSc2nc(-c3ccccc3)c(-c3ccccc3)[nH]2)cc1. The van der Waals surface area contributed by atoms with Crippen LogP contribution >= 0.6 is 11.8 Å². The molecule has 0 radical (unpaired) electrons. The van der Waals surface area contributed by atoms with Gasteiger partial charge in [-0.05, 0) is 12.5 Å². The van der Waals surface area contributed by atoms with Gasteiger partial charge in [0.15, 0.2) is 5.16 Å². The number of aromatic nitrogens is 2. The van der Waals surface area contributed by atoms with Gasteiger partial charge in [-0.25, -0.2) is 4.98 Å². The number of imidazole rings is 1. The Hall–Kier alpha value is -2.78. The fourth-order valence-corrected chi connectivity index (χ4v) is 3.70. The first-order chi connectivity index (χ1) is 12.8. The number of H-pyrrole nitrogens is 1. The van der Waals surface area contributed by atoms with Crippen LogP contribution in [0.4, 0.5) is 0 Å². The summed E-state index contributed by atoms with van der Waals surface area (Å²) in [4.78, 5) is 8.43. The van der Waals surface area contributed by atoms with E-state index in [-0.39, 0.29) is 0 Å². The van der Waals surface area contributed by atoms with Crippen molar-refractivity contribution in [2.24, 2.45) is 0 Å². The Morgan fingerprint density at radius 2 is 1.38 bits per heavy atom. The maximum Gasteiger partial charge on any atom is 0.166 e. The summed E-state index contributed by atoms with van der Waals surface area (Å²) in [6, 6.07) is 29.4. The number of nitrogens with zero attached hydrogens (tertiary/aromatic N) is 1. The monoisotopic (exact) mass is 356 g/mol. The molecule has 0 aliphatic carbocycles. The van der Waals surface area contributed by atoms with Gasteiger partial charge in [0, 0.05) is 16.9 Å². The van der Waals surface area contributed by atoms with E-state index in [1.807, 2.05) is 12.1 Å². The molecule has 0 amide bonds. The highest BCUT2D eigenvalue weighted by Crippen LogP contribution is 2.33. The zero-order valence-electron chi connectivity index (χ0n) is 14.6. The Balaban J connectivity index is 1.66. The van der Waals surface area contributed by atoms with Crippen molar-refractivity contribution in [1.82, 2.24) is 9.97 Å². The molecule has 1 heterocycles. The van der Waals surface area contributed by atoms with Crippen LogP contribution in [0.2, 0.25) is 0 Å². The van der Waals surface area contributed by atoms with Gasteiger partial charge in [0.1, 0.15) is 0 Å². The van der Waals surface area contributed by atoms with Crippen LogP contribution in [0.1, 0.15) is 11.1 Å². The minimum absolute atomic E-state index is 0.899. The molecule has 0 atom stereocenters. The molecule has 0 aliphatic heterocycles. The van der Waals surface area contributed by atoms with Crippen LogP contribution in [-0.4, -0.2) is 9.97 Å². The van der Waals surface area contributed by atoms with Gasteiger partial charge >= 0.3 is 0 Å². The molecule has 0 saturated carbocycles. The van der Waals surface area contributed by atoms with Crippen LogP contribution in [0.25, 0.3) is 22.5 Å². The number of hydrogen-bond acceptors (Lipinski definition) is 2. The second-order valence-electron chi connectivity index (χ2n) is 6.27. The molecule has 4 rings (SSSR count). The lowest BCUT2D eigenvalue weighted by molar-refractivity contribution is 1.06. The molecule has 3 aromatic carbocycles. The van der Waals surface area contributed by atoms with Crippen molar-refractivity contribution in [2.75, 3.05) is 0 Å². The summed E-state index contributed by atoms with van der Waals surface area (Å²) in [6.07, 6.45) is 0. The average Bonchev–Trinajstić information content (AvgIpc) is 3.13. The van der Waals surface area contributed by atoms with Crippen molar-refractivity contribution in [1.29, 1.82) is 0 Å². The van der Waals surface area contributed by atoms with Crippen LogP contribution in [0.3, 0.4) is 0 Å². The first-order valence-electron chi connectivity index (χ1n) is 8.69. The Bertz CT molecular complexity index is 917. The normalized spacial score (nSPS) is 10.8. The molecule has 0 aliphatic rings. The molecule has 1 N–H and O–H groups in total. The molecular weight excluding hydrogens is 336 g/mol. The summed E-state index contributed by atoms with van der Waals surface area (Å²) in [5.41, 5.74) is 6.95. The fraction of sp³-hybridized carbons (Fsp3) is 0.0870. The zero-order valence-corrected chi connectivity index (χ0v) is 15.5. The van der Waals surface area contributed by atoms with Crippen LogP contribution in [0, 0.1) is 6.92 Å². The summed E-state index contributed by atoms with van der Waals surface area (Å²) >= 11 is 1.74. The molecule has 0 fully saturated rings. The molecule has 0 bridgehead atoms. The van der Waals surface area contributed by atoms with Crippen molar-refractivity contribution in [3.8, 4) is 22.5 Å². The minimum Gasteiger partial charge on any atom is -0.332 e. The van der Waals surface area contributed by atoms with E-state index < -0.39 is 0 Å². The van der Waals surface area contributed by atoms with Gasteiger partial charge in [0.25, 0.3) is 0 Å². The summed E-state index contributed by atoms with van der Waals surface area (Å²) in [5, 5.41) is 0.947. The molecule has 0 saturated heterocycles. The molecule has 3 heteroatoms. The second kappa shape index (κ2) is 7.63. The van der Waals surface area contributed by atoms with Gasteiger partial charge in [0.05, 0.1) is 11.4 Å². The van der Waals surface area contributed by atoms with Crippen molar-refractivity contribution >= 4 is 11.8 Å². The van der Waals surface area contributed by atoms with E-state index >= 15 is 0 Å². The summed E-state index contributed by atoms with van der Waals surface area (Å²) in [7, 11) is 0. The van der Waals surface area contributed by atoms with Gasteiger partial charge in [-0.2, -0.15) is 0 Å². The fourth-order valence-electron chi connectivity index (χ4n) is 2.87. The number of thioether (sulfide) groups is 1. The van der Waals surface area contributed by atoms with Crippen molar-refractivity contribution in [3.05, 3.63) is 96.1 Å². The van der Waals surface area contributed by atoms with E-state index in [0.29, 0.717) is 0 Å². The highest BCUT2D eigenvalue weighted by Gasteiger charge is 2.14. The van der Waals surface area contributed by atoms with Gasteiger partial charge in [0.2, 0.25) is 0 Å². The average molecular weight is 356 g/mol. The quantitative estimate of drug-likeness (QED) is 0.422. The van der Waals surface area contributed by atoms with Gasteiger partial charge in [-0.1, -0.05) is 102 Å². The summed E-state index contributed by atoms with van der Waals surface area (Å²) in [5.74, 6) is 0.899. The van der Waals surface area contributed by atoms with Crippen LogP contribution in [0.5, 0.6) is 0 Å². The third kappa shape index (κ3) is 3.73. The molecule has 0 spiro atoms. The van der Waals surface area contributed by atoms with Crippen LogP contribution < -0.4 is 0 Å². The first-order valence-corrected chi connectivity index (χ1v) is 9.67. The summed E-state index contributed by atoms with van der Waals surface area (Å²) < 4.78 is 0. The van der Waals surface area contributed by atoms with Gasteiger partial charge in [-0.15, -0.1) is 0 Å². The number of aryl methyl sites for hydroxylation is 1. The van der Waals surface area contributed by atoms with Crippen molar-refractivity contribution < 1.29 is 0 Å². The predicted molar refractivity (Wildman–Crippen MR) is 110 cm³/mol. The predicted octanol–water partition coefficient (Wildman–Crippen LogP) is 6.34. The maximum atomic E-state index is 4.90. The number of nitrogens with one attached hydrogen (secondary N) is 1. The third-order valence-electron chi connectivity index (χ3n) is 4.29. The number of hydrogen-bond donors (Lipinski definition) is 1. The largest absolute Gasteiger partial charge is 0.332 e. The topological polar surface area (TPSA) is 28.7 Å². The molecular formula is C23H20N2S. The Labute approximate surface area is 158 Å². The number of rotatable bonds is 5. The van der Waals surface area contributed by atoms with E-state index in [0.717, 1.165) is 33.4 Å². The highest BCUT2D eigenvalue weighted by molar-refractivity contribution is 7.98. The van der Waals surface area contributed by atoms with E-state index in [1.165, 1.54) is 11.1 Å². The lowest BCUT2D eigenvalue weighted by atomic mass is 10.1. The smallest absolute Gasteiger partial charge is 0.166 e. The van der Waals surface area contributed by atoms with Gasteiger partial charge < -0.3 is 4.98 Å². The molecule has 1 aromatic heterocycles. The highest BCUT2D eigenvalue weighted by atomic mass is 32.2. The van der Waals surface area contributed by atoms with Crippen LogP contribution in [-0.2, 0) is 5.75 Å². The Morgan fingerprint density at radius 1 is 0.769 bits per heavy atom. The van der Waals surface area contributed by atoms with E-state index in [9.17, 15) is 0 Å². The van der Waals surface area contributed by atoms with Crippen molar-refractivity contribution in [2.45, 2.75) is 17.8 Å². The maximum absolute atomic E-state index is 4.90. The second-order valence-corrected chi connectivity index (χ2v) is 7.24. The van der Waals surface area contributed by atoms with E-state index in [1.54, 1.807) is 11.8 Å². The summed E-state index contributed by atoms with van der Waals surface area (Å²) in [6.45, 7) is 2.11. The lowest BCUT2D eigenvalue weighted by Gasteiger charge is -2.02. The third-order valence-corrected chi connectivity index (χ3v) is 5.23.